The number of carbonyl (C=O) groups excluding carboxylic acids is 1. The van der Waals surface area contributed by atoms with Crippen LogP contribution in [0.15, 0.2) is 66.7 Å². The van der Waals surface area contributed by atoms with Crippen molar-refractivity contribution in [3.05, 3.63) is 88.2 Å². The fourth-order valence-corrected chi connectivity index (χ4v) is 4.27. The molecule has 11 nitrogen and oxygen atoms in total. The average molecular weight is 548 g/mol. The fraction of sp³-hybridized carbons (Fsp3) is 0.214. The quantitative estimate of drug-likeness (QED) is 0.137. The molecule has 2 heterocycles. The lowest BCUT2D eigenvalue weighted by molar-refractivity contribution is -0.385. The lowest BCUT2D eigenvalue weighted by atomic mass is 10.2. The van der Waals surface area contributed by atoms with Gasteiger partial charge >= 0.3 is 5.69 Å². The molecule has 5 rings (SSSR count). The Balaban J connectivity index is 1.29. The second-order valence-electron chi connectivity index (χ2n) is 9.07. The number of fused-ring (bicyclic) bond motifs is 1. The van der Waals surface area contributed by atoms with Crippen LogP contribution in [0, 0.1) is 15.9 Å². The maximum absolute atomic E-state index is 13.0. The number of nitro groups is 1. The SMILES string of the molecule is O=C(/C=C/c1ccc(F)cc1)Nc1ccc(-c2nc3cc(OCCN4CCOCC4)c([N+](=O)[O-])cc3n2O)cc1. The summed E-state index contributed by atoms with van der Waals surface area (Å²) in [5, 5.41) is 25.2. The highest BCUT2D eigenvalue weighted by Crippen LogP contribution is 2.34. The molecule has 1 aliphatic rings. The van der Waals surface area contributed by atoms with Crippen LogP contribution < -0.4 is 10.1 Å². The molecule has 1 saturated heterocycles. The van der Waals surface area contributed by atoms with Crippen LogP contribution in [0.3, 0.4) is 0 Å². The van der Waals surface area contributed by atoms with Gasteiger partial charge in [-0.3, -0.25) is 19.8 Å². The highest BCUT2D eigenvalue weighted by Gasteiger charge is 2.22. The number of amides is 1. The smallest absolute Gasteiger partial charge is 0.313 e. The number of nitro benzene ring substituents is 1. The Kier molecular flexibility index (Phi) is 7.99. The molecule has 12 heteroatoms. The van der Waals surface area contributed by atoms with Crippen LogP contribution in [0.1, 0.15) is 5.56 Å². The Bertz CT molecular complexity index is 1550. The number of hydrogen-bond donors (Lipinski definition) is 2. The topological polar surface area (TPSA) is 132 Å². The van der Waals surface area contributed by atoms with E-state index >= 15 is 0 Å². The maximum Gasteiger partial charge on any atom is 0.313 e. The second-order valence-corrected chi connectivity index (χ2v) is 9.07. The van der Waals surface area contributed by atoms with Gasteiger partial charge in [0.15, 0.2) is 11.6 Å². The van der Waals surface area contributed by atoms with E-state index in [0.29, 0.717) is 42.1 Å². The Morgan fingerprint density at radius 2 is 1.88 bits per heavy atom. The van der Waals surface area contributed by atoms with Gasteiger partial charge in [0.25, 0.3) is 0 Å². The molecule has 40 heavy (non-hydrogen) atoms. The summed E-state index contributed by atoms with van der Waals surface area (Å²) in [6, 6.07) is 15.0. The molecule has 1 fully saturated rings. The number of aromatic nitrogens is 2. The van der Waals surface area contributed by atoms with Crippen LogP contribution in [-0.4, -0.2) is 70.1 Å². The Hall–Kier alpha value is -4.81. The van der Waals surface area contributed by atoms with E-state index in [1.54, 1.807) is 42.5 Å². The van der Waals surface area contributed by atoms with Gasteiger partial charge in [-0.15, -0.1) is 0 Å². The molecule has 0 saturated carbocycles. The van der Waals surface area contributed by atoms with Crippen molar-refractivity contribution in [2.45, 2.75) is 0 Å². The van der Waals surface area contributed by atoms with Gasteiger partial charge in [0.1, 0.15) is 17.9 Å². The number of benzene rings is 3. The summed E-state index contributed by atoms with van der Waals surface area (Å²) < 4.78 is 24.9. The molecule has 1 aromatic heterocycles. The lowest BCUT2D eigenvalue weighted by Crippen LogP contribution is -2.38. The Morgan fingerprint density at radius 1 is 1.15 bits per heavy atom. The van der Waals surface area contributed by atoms with E-state index in [0.717, 1.165) is 17.8 Å². The number of anilines is 1. The molecule has 3 aromatic carbocycles. The van der Waals surface area contributed by atoms with E-state index in [1.807, 2.05) is 0 Å². The molecular weight excluding hydrogens is 521 g/mol. The van der Waals surface area contributed by atoms with Crippen molar-refractivity contribution in [2.75, 3.05) is 44.8 Å². The summed E-state index contributed by atoms with van der Waals surface area (Å²) in [6.45, 7) is 3.69. The first-order chi connectivity index (χ1) is 19.4. The van der Waals surface area contributed by atoms with Crippen molar-refractivity contribution in [1.29, 1.82) is 0 Å². The number of hydrogen-bond acceptors (Lipinski definition) is 8. The zero-order valence-electron chi connectivity index (χ0n) is 21.3. The highest BCUT2D eigenvalue weighted by atomic mass is 19.1. The van der Waals surface area contributed by atoms with Crippen LogP contribution in [0.5, 0.6) is 5.75 Å². The van der Waals surface area contributed by atoms with E-state index in [2.05, 4.69) is 15.2 Å². The van der Waals surface area contributed by atoms with Gasteiger partial charge in [-0.05, 0) is 48.0 Å². The minimum Gasteiger partial charge on any atom is -0.485 e. The fourth-order valence-electron chi connectivity index (χ4n) is 4.27. The van der Waals surface area contributed by atoms with Crippen LogP contribution in [-0.2, 0) is 9.53 Å². The van der Waals surface area contributed by atoms with Gasteiger partial charge in [-0.25, -0.2) is 9.37 Å². The van der Waals surface area contributed by atoms with Gasteiger partial charge in [0.05, 0.1) is 23.7 Å². The molecular formula is C28H26FN5O6. The summed E-state index contributed by atoms with van der Waals surface area (Å²) >= 11 is 0. The van der Waals surface area contributed by atoms with Gasteiger partial charge in [-0.1, -0.05) is 12.1 Å². The highest BCUT2D eigenvalue weighted by molar-refractivity contribution is 6.02. The van der Waals surface area contributed by atoms with Gasteiger partial charge in [0.2, 0.25) is 5.91 Å². The van der Waals surface area contributed by atoms with Crippen molar-refractivity contribution >= 4 is 34.4 Å². The largest absolute Gasteiger partial charge is 0.485 e. The molecule has 1 amide bonds. The summed E-state index contributed by atoms with van der Waals surface area (Å²) in [5.41, 5.74) is 1.92. The number of ether oxygens (including phenoxy) is 2. The molecule has 1 aliphatic heterocycles. The van der Waals surface area contributed by atoms with E-state index in [9.17, 15) is 24.5 Å². The minimum atomic E-state index is -0.557. The molecule has 4 aromatic rings. The van der Waals surface area contributed by atoms with Crippen molar-refractivity contribution < 1.29 is 28.8 Å². The van der Waals surface area contributed by atoms with Crippen LogP contribution in [0.2, 0.25) is 0 Å². The Labute approximate surface area is 228 Å². The molecule has 0 bridgehead atoms. The minimum absolute atomic E-state index is 0.0714. The number of imidazole rings is 1. The lowest BCUT2D eigenvalue weighted by Gasteiger charge is -2.26. The van der Waals surface area contributed by atoms with Crippen LogP contribution in [0.25, 0.3) is 28.5 Å². The molecule has 0 atom stereocenters. The van der Waals surface area contributed by atoms with Gasteiger partial charge < -0.3 is 20.0 Å². The Morgan fingerprint density at radius 3 is 2.58 bits per heavy atom. The van der Waals surface area contributed by atoms with Crippen molar-refractivity contribution in [2.24, 2.45) is 0 Å². The maximum atomic E-state index is 13.0. The third kappa shape index (κ3) is 6.25. The molecule has 206 valence electrons. The van der Waals surface area contributed by atoms with Gasteiger partial charge in [0, 0.05) is 49.1 Å². The predicted molar refractivity (Wildman–Crippen MR) is 146 cm³/mol. The number of nitrogens with one attached hydrogen (secondary N) is 1. The molecule has 0 radical (unpaired) electrons. The third-order valence-electron chi connectivity index (χ3n) is 6.38. The van der Waals surface area contributed by atoms with Crippen LogP contribution >= 0.6 is 0 Å². The van der Waals surface area contributed by atoms with E-state index in [1.165, 1.54) is 30.3 Å². The van der Waals surface area contributed by atoms with Crippen molar-refractivity contribution in [3.8, 4) is 17.1 Å². The number of nitrogens with zero attached hydrogens (tertiary/aromatic N) is 4. The molecule has 0 unspecified atom stereocenters. The molecule has 2 N–H and O–H groups in total. The summed E-state index contributed by atoms with van der Waals surface area (Å²) in [6.07, 6.45) is 2.90. The number of halogens is 1. The zero-order chi connectivity index (χ0) is 28.1. The summed E-state index contributed by atoms with van der Waals surface area (Å²) in [4.78, 5) is 30.0. The van der Waals surface area contributed by atoms with Crippen molar-refractivity contribution in [3.63, 3.8) is 0 Å². The first-order valence-electron chi connectivity index (χ1n) is 12.6. The first-order valence-corrected chi connectivity index (χ1v) is 12.6. The third-order valence-corrected chi connectivity index (χ3v) is 6.38. The average Bonchev–Trinajstić information content (AvgIpc) is 3.28. The predicted octanol–water partition coefficient (Wildman–Crippen LogP) is 4.35. The monoisotopic (exact) mass is 547 g/mol. The standard InChI is InChI=1S/C28H26FN5O6/c29-21-6-1-19(2-7-21)3-10-27(35)30-22-8-4-20(5-9-22)28-31-23-17-26(25(34(37)38)18-24(23)33(28)36)40-16-13-32-11-14-39-15-12-32/h1-10,17-18,36H,11-16H2,(H,30,35)/b10-3+. The van der Waals surface area contributed by atoms with E-state index < -0.39 is 4.92 Å². The van der Waals surface area contributed by atoms with Crippen molar-refractivity contribution in [1.82, 2.24) is 14.6 Å². The zero-order valence-corrected chi connectivity index (χ0v) is 21.3. The van der Waals surface area contributed by atoms with Crippen LogP contribution in [0.4, 0.5) is 15.8 Å². The van der Waals surface area contributed by atoms with Gasteiger partial charge in [-0.2, -0.15) is 4.73 Å². The number of rotatable bonds is 9. The summed E-state index contributed by atoms with van der Waals surface area (Å²) in [7, 11) is 0. The summed E-state index contributed by atoms with van der Waals surface area (Å²) in [5.74, 6) is -0.490. The second kappa shape index (κ2) is 11.9. The first kappa shape index (κ1) is 26.8. The number of carbonyl (C=O) groups is 1. The molecule has 0 spiro atoms. The molecule has 0 aliphatic carbocycles. The van der Waals surface area contributed by atoms with E-state index in [4.69, 9.17) is 9.47 Å². The van der Waals surface area contributed by atoms with E-state index in [-0.39, 0.29) is 41.1 Å². The normalized spacial score (nSPS) is 14.0. The number of morpholine rings is 1.